The fourth-order valence-corrected chi connectivity index (χ4v) is 5.79. The van der Waals surface area contributed by atoms with Crippen LogP contribution in [0.1, 0.15) is 72.0 Å². The molecule has 1 aliphatic carbocycles. The number of carbonyl (C=O) groups excluding carboxylic acids is 1. The number of hydrogen-bond donors (Lipinski definition) is 2. The third-order valence-electron chi connectivity index (χ3n) is 8.11. The van der Waals surface area contributed by atoms with Gasteiger partial charge in [-0.3, -0.25) is 14.7 Å². The zero-order valence-electron chi connectivity index (χ0n) is 23.1. The third-order valence-corrected chi connectivity index (χ3v) is 8.11. The van der Waals surface area contributed by atoms with Crippen LogP contribution in [0.25, 0.3) is 0 Å². The number of aliphatic hydroxyl groups is 1. The van der Waals surface area contributed by atoms with Crippen LogP contribution in [0.3, 0.4) is 0 Å². The second-order valence-electron chi connectivity index (χ2n) is 10.8. The Labute approximate surface area is 236 Å². The Morgan fingerprint density at radius 1 is 1.07 bits per heavy atom. The third kappa shape index (κ3) is 6.67. The molecule has 2 aromatic carbocycles. The zero-order valence-corrected chi connectivity index (χ0v) is 23.1. The summed E-state index contributed by atoms with van der Waals surface area (Å²) in [5.41, 5.74) is 4.03. The minimum Gasteiger partial charge on any atom is -0.392 e. The second kappa shape index (κ2) is 13.3. The van der Waals surface area contributed by atoms with Crippen LogP contribution in [-0.2, 0) is 16.1 Å². The number of aromatic nitrogens is 1. The average molecular weight is 542 g/mol. The van der Waals surface area contributed by atoms with Gasteiger partial charge in [0.15, 0.2) is 6.29 Å². The maximum absolute atomic E-state index is 12.6. The largest absolute Gasteiger partial charge is 0.392 e. The number of aliphatic hydroxyl groups excluding tert-OH is 1. The summed E-state index contributed by atoms with van der Waals surface area (Å²) in [5, 5.41) is 12.4. The van der Waals surface area contributed by atoms with E-state index in [4.69, 9.17) is 9.47 Å². The Bertz CT molecular complexity index is 1240. The summed E-state index contributed by atoms with van der Waals surface area (Å²) in [6.45, 7) is 7.87. The molecule has 7 heteroatoms. The van der Waals surface area contributed by atoms with E-state index in [9.17, 15) is 9.90 Å². The van der Waals surface area contributed by atoms with Gasteiger partial charge in [-0.2, -0.15) is 0 Å². The van der Waals surface area contributed by atoms with Gasteiger partial charge in [-0.1, -0.05) is 62.2 Å². The Morgan fingerprint density at radius 3 is 2.45 bits per heavy atom. The molecule has 0 unspecified atom stereocenters. The summed E-state index contributed by atoms with van der Waals surface area (Å²) >= 11 is 0. The predicted octanol–water partition coefficient (Wildman–Crippen LogP) is 6.05. The number of ether oxygens (including phenoxy) is 2. The standard InChI is InChI=1S/C33H39N3O4/c1-3-19-36(29-8-4-5-9-29)21-30-23(2)31(25-12-10-24(22-37)11-13-25)40-33(39-30)26-14-16-28(17-15-26)35-32(38)27-7-6-18-34-20-27/h3,6-7,10-18,20,23,29-31,33,37H,1,4-5,8-9,19,21-22H2,2H3,(H,35,38)/t23-,30+,31+,33+/m1/s1. The molecular formula is C33H39N3O4. The fraction of sp³-hybridized carbons (Fsp3) is 0.394. The predicted molar refractivity (Wildman–Crippen MR) is 156 cm³/mol. The Kier molecular flexibility index (Phi) is 9.39. The normalized spacial score (nSPS) is 23.3. The lowest BCUT2D eigenvalue weighted by atomic mass is 9.89. The van der Waals surface area contributed by atoms with Gasteiger partial charge in [-0.15, -0.1) is 6.58 Å². The van der Waals surface area contributed by atoms with Crippen LogP contribution in [-0.4, -0.2) is 46.1 Å². The molecule has 40 heavy (non-hydrogen) atoms. The van der Waals surface area contributed by atoms with Crippen LogP contribution in [0.2, 0.25) is 0 Å². The minimum absolute atomic E-state index is 0.0112. The Balaban J connectivity index is 1.36. The van der Waals surface area contributed by atoms with Crippen molar-refractivity contribution in [2.24, 2.45) is 5.92 Å². The molecule has 1 aliphatic heterocycles. The van der Waals surface area contributed by atoms with Gasteiger partial charge in [0, 0.05) is 48.7 Å². The molecule has 2 heterocycles. The molecule has 1 amide bonds. The summed E-state index contributed by atoms with van der Waals surface area (Å²) < 4.78 is 13.3. The number of amides is 1. The molecule has 0 bridgehead atoms. The highest BCUT2D eigenvalue weighted by molar-refractivity contribution is 6.04. The summed E-state index contributed by atoms with van der Waals surface area (Å²) in [5.74, 6) is -0.0940. The first-order valence-electron chi connectivity index (χ1n) is 14.2. The van der Waals surface area contributed by atoms with Crippen LogP contribution in [0.5, 0.6) is 0 Å². The number of anilines is 1. The van der Waals surface area contributed by atoms with Crippen molar-refractivity contribution in [3.8, 4) is 0 Å². The molecular weight excluding hydrogens is 502 g/mol. The molecule has 5 rings (SSSR count). The molecule has 1 saturated heterocycles. The van der Waals surface area contributed by atoms with Crippen LogP contribution in [0.15, 0.2) is 85.7 Å². The van der Waals surface area contributed by atoms with Crippen molar-refractivity contribution in [1.29, 1.82) is 0 Å². The number of carbonyl (C=O) groups is 1. The molecule has 3 aromatic rings. The van der Waals surface area contributed by atoms with Gasteiger partial charge in [0.2, 0.25) is 0 Å². The lowest BCUT2D eigenvalue weighted by Crippen LogP contribution is -2.47. The molecule has 0 spiro atoms. The van der Waals surface area contributed by atoms with Crippen molar-refractivity contribution in [1.82, 2.24) is 9.88 Å². The molecule has 1 aromatic heterocycles. The molecule has 4 atom stereocenters. The summed E-state index contributed by atoms with van der Waals surface area (Å²) in [6.07, 6.45) is 9.38. The van der Waals surface area contributed by atoms with Gasteiger partial charge in [-0.25, -0.2) is 0 Å². The van der Waals surface area contributed by atoms with Crippen LogP contribution in [0.4, 0.5) is 5.69 Å². The molecule has 1 saturated carbocycles. The number of nitrogens with one attached hydrogen (secondary N) is 1. The lowest BCUT2D eigenvalue weighted by Gasteiger charge is -2.43. The first kappa shape index (κ1) is 28.2. The number of nitrogens with zero attached hydrogens (tertiary/aromatic N) is 2. The van der Waals surface area contributed by atoms with Crippen LogP contribution in [0, 0.1) is 5.92 Å². The van der Waals surface area contributed by atoms with Crippen molar-refractivity contribution < 1.29 is 19.4 Å². The van der Waals surface area contributed by atoms with E-state index in [1.807, 2.05) is 54.6 Å². The Morgan fingerprint density at radius 2 is 1.80 bits per heavy atom. The minimum atomic E-state index is -0.555. The first-order valence-corrected chi connectivity index (χ1v) is 14.2. The summed E-state index contributed by atoms with van der Waals surface area (Å²) in [4.78, 5) is 19.1. The highest BCUT2D eigenvalue weighted by Gasteiger charge is 2.40. The highest BCUT2D eigenvalue weighted by atomic mass is 16.7. The second-order valence-corrected chi connectivity index (χ2v) is 10.8. The monoisotopic (exact) mass is 541 g/mol. The van der Waals surface area contributed by atoms with Crippen molar-refractivity contribution >= 4 is 11.6 Å². The van der Waals surface area contributed by atoms with Gasteiger partial charge >= 0.3 is 0 Å². The fourth-order valence-electron chi connectivity index (χ4n) is 5.79. The first-order chi connectivity index (χ1) is 19.6. The maximum atomic E-state index is 12.6. The highest BCUT2D eigenvalue weighted by Crippen LogP contribution is 2.42. The number of hydrogen-bond acceptors (Lipinski definition) is 6. The van der Waals surface area contributed by atoms with E-state index < -0.39 is 6.29 Å². The van der Waals surface area contributed by atoms with E-state index in [2.05, 4.69) is 28.7 Å². The SMILES string of the molecule is C=CCN(C[C@@H]1O[C@H](c2ccc(NC(=O)c3cccnc3)cc2)O[C@H](c2ccc(CO)cc2)[C@@H]1C)C1CCCC1. The van der Waals surface area contributed by atoms with Gasteiger partial charge < -0.3 is 19.9 Å². The van der Waals surface area contributed by atoms with E-state index in [1.165, 1.54) is 25.7 Å². The van der Waals surface area contributed by atoms with E-state index in [-0.39, 0.29) is 30.6 Å². The lowest BCUT2D eigenvalue weighted by molar-refractivity contribution is -0.276. The quantitative estimate of drug-likeness (QED) is 0.304. The van der Waals surface area contributed by atoms with Crippen molar-refractivity contribution in [2.75, 3.05) is 18.4 Å². The number of benzene rings is 2. The average Bonchev–Trinajstić information content (AvgIpc) is 3.54. The molecule has 2 N–H and O–H groups in total. The summed E-state index contributed by atoms with van der Waals surface area (Å²) in [6, 6.07) is 19.7. The van der Waals surface area contributed by atoms with Crippen molar-refractivity contribution in [3.63, 3.8) is 0 Å². The molecule has 2 fully saturated rings. The van der Waals surface area contributed by atoms with E-state index in [0.29, 0.717) is 17.3 Å². The molecule has 2 aliphatic rings. The van der Waals surface area contributed by atoms with Gasteiger partial charge in [0.25, 0.3) is 5.91 Å². The number of pyridine rings is 1. The van der Waals surface area contributed by atoms with Crippen LogP contribution >= 0.6 is 0 Å². The van der Waals surface area contributed by atoms with Gasteiger partial charge in [0.1, 0.15) is 0 Å². The van der Waals surface area contributed by atoms with Gasteiger partial charge in [0.05, 0.1) is 24.4 Å². The molecule has 0 radical (unpaired) electrons. The van der Waals surface area contributed by atoms with E-state index in [1.54, 1.807) is 24.5 Å². The zero-order chi connectivity index (χ0) is 27.9. The molecule has 210 valence electrons. The van der Waals surface area contributed by atoms with Gasteiger partial charge in [-0.05, 0) is 48.2 Å². The van der Waals surface area contributed by atoms with Crippen molar-refractivity contribution in [3.05, 3.63) is 108 Å². The Hall–Kier alpha value is -3.36. The maximum Gasteiger partial charge on any atom is 0.257 e. The smallest absolute Gasteiger partial charge is 0.257 e. The summed E-state index contributed by atoms with van der Waals surface area (Å²) in [7, 11) is 0. The van der Waals surface area contributed by atoms with E-state index in [0.717, 1.165) is 29.8 Å². The number of rotatable bonds is 10. The van der Waals surface area contributed by atoms with E-state index >= 15 is 0 Å². The van der Waals surface area contributed by atoms with Crippen molar-refractivity contribution in [2.45, 2.75) is 63.8 Å². The van der Waals surface area contributed by atoms with Crippen LogP contribution < -0.4 is 5.32 Å². The molecule has 7 nitrogen and oxygen atoms in total. The topological polar surface area (TPSA) is 83.9 Å².